The number of esters is 1. The van der Waals surface area contributed by atoms with Gasteiger partial charge in [-0.15, -0.1) is 0 Å². The minimum absolute atomic E-state index is 0.0945. The van der Waals surface area contributed by atoms with Crippen LogP contribution >= 0.6 is 23.2 Å². The van der Waals surface area contributed by atoms with Crippen LogP contribution < -0.4 is 10.7 Å². The highest BCUT2D eigenvalue weighted by Gasteiger charge is 2.38. The average molecular weight is 599 g/mol. The number of fused-ring (bicyclic) bond motifs is 1. The first-order chi connectivity index (χ1) is 19.8. The van der Waals surface area contributed by atoms with Crippen LogP contribution in [0.1, 0.15) is 50.3 Å². The minimum Gasteiger partial charge on any atom is -0.463 e. The fraction of sp³-hybridized carbons (Fsp3) is 0.387. The SMILES string of the molecule is CCOC(=O)C1=C(C)N(CCC2CCN(Cc3ccccc3)CC2)C(=O)NC1c1coc2c(Cl)cc(Cl)cc2c1=O. The number of piperidine rings is 1. The van der Waals surface area contributed by atoms with Crippen LogP contribution in [0.4, 0.5) is 4.79 Å². The Morgan fingerprint density at radius 1 is 1.12 bits per heavy atom. The second-order valence-electron chi connectivity index (χ2n) is 10.5. The van der Waals surface area contributed by atoms with Crippen molar-refractivity contribution < 1.29 is 18.7 Å². The number of amides is 2. The Labute approximate surface area is 248 Å². The van der Waals surface area contributed by atoms with E-state index in [0.717, 1.165) is 38.9 Å². The Morgan fingerprint density at radius 2 is 1.85 bits per heavy atom. The zero-order chi connectivity index (χ0) is 29.1. The van der Waals surface area contributed by atoms with Crippen molar-refractivity contribution in [2.45, 2.75) is 45.7 Å². The maximum absolute atomic E-state index is 13.5. The van der Waals surface area contributed by atoms with Gasteiger partial charge in [-0.25, -0.2) is 9.59 Å². The molecule has 1 N–H and O–H groups in total. The van der Waals surface area contributed by atoms with Gasteiger partial charge in [-0.1, -0.05) is 53.5 Å². The Kier molecular flexibility index (Phi) is 9.02. The van der Waals surface area contributed by atoms with Crippen LogP contribution in [0.2, 0.25) is 10.0 Å². The molecule has 1 saturated heterocycles. The molecular weight excluding hydrogens is 565 g/mol. The number of nitrogens with zero attached hydrogens (tertiary/aromatic N) is 2. The van der Waals surface area contributed by atoms with Crippen molar-refractivity contribution in [3.8, 4) is 0 Å². The molecule has 2 amide bonds. The van der Waals surface area contributed by atoms with Crippen LogP contribution in [-0.4, -0.2) is 48.0 Å². The van der Waals surface area contributed by atoms with E-state index in [1.54, 1.807) is 18.7 Å². The molecule has 0 spiro atoms. The quantitative estimate of drug-likeness (QED) is 0.306. The van der Waals surface area contributed by atoms with Gasteiger partial charge in [-0.3, -0.25) is 14.6 Å². The number of rotatable bonds is 8. The Morgan fingerprint density at radius 3 is 2.56 bits per heavy atom. The first kappa shape index (κ1) is 29.2. The Bertz CT molecular complexity index is 1530. The molecule has 2 aliphatic rings. The zero-order valence-electron chi connectivity index (χ0n) is 23.1. The zero-order valence-corrected chi connectivity index (χ0v) is 24.6. The molecule has 8 nitrogen and oxygen atoms in total. The lowest BCUT2D eigenvalue weighted by molar-refractivity contribution is -0.139. The van der Waals surface area contributed by atoms with E-state index < -0.39 is 17.4 Å². The van der Waals surface area contributed by atoms with E-state index in [0.29, 0.717) is 18.2 Å². The van der Waals surface area contributed by atoms with E-state index in [4.69, 9.17) is 32.4 Å². The molecule has 1 aromatic heterocycles. The summed E-state index contributed by atoms with van der Waals surface area (Å²) in [6, 6.07) is 12.0. The lowest BCUT2D eigenvalue weighted by Gasteiger charge is -2.37. The van der Waals surface area contributed by atoms with E-state index in [2.05, 4.69) is 34.5 Å². The van der Waals surface area contributed by atoms with Gasteiger partial charge in [0.25, 0.3) is 0 Å². The van der Waals surface area contributed by atoms with Crippen LogP contribution in [0.15, 0.2) is 69.2 Å². The predicted octanol–water partition coefficient (Wildman–Crippen LogP) is 6.31. The second kappa shape index (κ2) is 12.7. The van der Waals surface area contributed by atoms with Crippen molar-refractivity contribution in [2.75, 3.05) is 26.2 Å². The van der Waals surface area contributed by atoms with Crippen LogP contribution in [-0.2, 0) is 16.1 Å². The number of hydrogen-bond acceptors (Lipinski definition) is 6. The number of carbonyl (C=O) groups excluding carboxylic acids is 2. The molecule has 3 heterocycles. The highest BCUT2D eigenvalue weighted by molar-refractivity contribution is 6.38. The van der Waals surface area contributed by atoms with Gasteiger partial charge in [-0.2, -0.15) is 0 Å². The lowest BCUT2D eigenvalue weighted by Crippen LogP contribution is -2.49. The highest BCUT2D eigenvalue weighted by atomic mass is 35.5. The van der Waals surface area contributed by atoms with Crippen LogP contribution in [0, 0.1) is 5.92 Å². The van der Waals surface area contributed by atoms with Crippen LogP contribution in [0.25, 0.3) is 11.0 Å². The lowest BCUT2D eigenvalue weighted by atomic mass is 9.92. The fourth-order valence-corrected chi connectivity index (χ4v) is 6.26. The number of carbonyl (C=O) groups is 2. The van der Waals surface area contributed by atoms with Gasteiger partial charge < -0.3 is 14.5 Å². The Balaban J connectivity index is 1.34. The van der Waals surface area contributed by atoms with Gasteiger partial charge in [-0.05, 0) is 69.8 Å². The normalized spacial score (nSPS) is 18.6. The molecule has 2 aromatic carbocycles. The number of nitrogens with one attached hydrogen (secondary N) is 1. The first-order valence-corrected chi connectivity index (χ1v) is 14.6. The summed E-state index contributed by atoms with van der Waals surface area (Å²) < 4.78 is 11.0. The largest absolute Gasteiger partial charge is 0.463 e. The molecule has 2 aliphatic heterocycles. The van der Waals surface area contributed by atoms with Crippen molar-refractivity contribution in [3.63, 3.8) is 0 Å². The number of allylic oxidation sites excluding steroid dienone is 1. The maximum Gasteiger partial charge on any atom is 0.338 e. The third-order valence-corrected chi connectivity index (χ3v) is 8.44. The standard InChI is InChI=1S/C31H33Cl2N3O5/c1-3-40-30(38)26-19(2)36(14-11-20-9-12-35(13-10-20)17-21-7-5-4-6-8-21)31(39)34-27(26)24-18-41-29-23(28(24)37)15-22(32)16-25(29)33/h4-8,15-16,18,20,27H,3,9-14,17H2,1-2H3,(H,34,39). The van der Waals surface area contributed by atoms with Crippen LogP contribution in [0.3, 0.4) is 0 Å². The summed E-state index contributed by atoms with van der Waals surface area (Å²) in [6.45, 7) is 6.97. The molecule has 1 fully saturated rings. The summed E-state index contributed by atoms with van der Waals surface area (Å²) in [7, 11) is 0. The number of halogens is 2. The number of hydrogen-bond donors (Lipinski definition) is 1. The summed E-state index contributed by atoms with van der Waals surface area (Å²) in [5.41, 5.74) is 1.81. The van der Waals surface area contributed by atoms with Gasteiger partial charge in [0.2, 0.25) is 0 Å². The van der Waals surface area contributed by atoms with E-state index >= 15 is 0 Å². The monoisotopic (exact) mass is 597 g/mol. The van der Waals surface area contributed by atoms with Crippen molar-refractivity contribution in [2.24, 2.45) is 5.92 Å². The molecule has 1 unspecified atom stereocenters. The van der Waals surface area contributed by atoms with Crippen molar-refractivity contribution in [1.29, 1.82) is 0 Å². The smallest absolute Gasteiger partial charge is 0.338 e. The Hall–Kier alpha value is -3.33. The maximum atomic E-state index is 13.5. The molecule has 0 radical (unpaired) electrons. The summed E-state index contributed by atoms with van der Waals surface area (Å²) in [5, 5.41) is 3.48. The molecule has 10 heteroatoms. The molecule has 0 bridgehead atoms. The average Bonchev–Trinajstić information content (AvgIpc) is 2.95. The summed E-state index contributed by atoms with van der Waals surface area (Å²) in [5.74, 6) is -0.133. The number of benzene rings is 2. The van der Waals surface area contributed by atoms with Crippen LogP contribution in [0.5, 0.6) is 0 Å². The third kappa shape index (κ3) is 6.30. The summed E-state index contributed by atoms with van der Waals surface area (Å²) in [4.78, 5) is 44.1. The summed E-state index contributed by atoms with van der Waals surface area (Å²) in [6.07, 6.45) is 4.13. The second-order valence-corrected chi connectivity index (χ2v) is 11.4. The van der Waals surface area contributed by atoms with Crippen molar-refractivity contribution >= 4 is 46.2 Å². The number of ether oxygens (including phenoxy) is 1. The molecule has 0 aliphatic carbocycles. The van der Waals surface area contributed by atoms with Gasteiger partial charge in [0.15, 0.2) is 11.0 Å². The fourth-order valence-electron chi connectivity index (χ4n) is 5.72. The molecule has 1 atom stereocenters. The molecular formula is C31H33Cl2N3O5. The highest BCUT2D eigenvalue weighted by Crippen LogP contribution is 2.33. The molecule has 3 aromatic rings. The molecule has 41 heavy (non-hydrogen) atoms. The van der Waals surface area contributed by atoms with Crippen molar-refractivity contribution in [3.05, 3.63) is 91.4 Å². The number of urea groups is 1. The van der Waals surface area contributed by atoms with Gasteiger partial charge in [0.05, 0.1) is 34.2 Å². The van der Waals surface area contributed by atoms with Gasteiger partial charge in [0, 0.05) is 23.8 Å². The van der Waals surface area contributed by atoms with Gasteiger partial charge in [0.1, 0.15) is 6.26 Å². The molecule has 216 valence electrons. The van der Waals surface area contributed by atoms with E-state index in [1.165, 1.54) is 24.0 Å². The number of likely N-dealkylation sites (tertiary alicyclic amines) is 1. The van der Waals surface area contributed by atoms with Gasteiger partial charge >= 0.3 is 12.0 Å². The predicted molar refractivity (Wildman–Crippen MR) is 159 cm³/mol. The molecule has 5 rings (SSSR count). The van der Waals surface area contributed by atoms with Crippen molar-refractivity contribution in [1.82, 2.24) is 15.1 Å². The van der Waals surface area contributed by atoms with E-state index in [9.17, 15) is 14.4 Å². The van der Waals surface area contributed by atoms with E-state index in [-0.39, 0.29) is 44.8 Å². The first-order valence-electron chi connectivity index (χ1n) is 13.9. The minimum atomic E-state index is -1.04. The third-order valence-electron chi connectivity index (χ3n) is 7.94. The topological polar surface area (TPSA) is 92.1 Å². The summed E-state index contributed by atoms with van der Waals surface area (Å²) >= 11 is 12.4. The van der Waals surface area contributed by atoms with E-state index in [1.807, 2.05) is 6.07 Å². The molecule has 0 saturated carbocycles.